The van der Waals surface area contributed by atoms with Crippen molar-refractivity contribution in [3.63, 3.8) is 0 Å². The Morgan fingerprint density at radius 3 is 2.76 bits per heavy atom. The van der Waals surface area contributed by atoms with Gasteiger partial charge < -0.3 is 5.11 Å². The fourth-order valence-electron chi connectivity index (χ4n) is 2.71. The first-order valence-corrected chi connectivity index (χ1v) is 8.63. The first-order chi connectivity index (χ1) is 9.92. The summed E-state index contributed by atoms with van der Waals surface area (Å²) in [6.07, 6.45) is 2.81. The maximum atomic E-state index is 12.5. The standard InChI is InChI=1S/C16H21NO3S/c1-12-6-8-16(14(10-12)4-3-9-18)21(19,20)17-15-7-5-13(2)11-15/h6,8,10,13,15,17-18H,5,7,9,11H2,1-2H3. The summed E-state index contributed by atoms with van der Waals surface area (Å²) in [5.41, 5.74) is 1.37. The van der Waals surface area contributed by atoms with Crippen molar-refractivity contribution >= 4 is 10.0 Å². The molecule has 0 saturated heterocycles. The molecule has 2 atom stereocenters. The van der Waals surface area contributed by atoms with Crippen LogP contribution in [0.25, 0.3) is 0 Å². The van der Waals surface area contributed by atoms with Crippen molar-refractivity contribution in [2.24, 2.45) is 5.92 Å². The second kappa shape index (κ2) is 6.61. The minimum atomic E-state index is -3.58. The minimum absolute atomic E-state index is 0.00459. The number of benzene rings is 1. The molecule has 0 spiro atoms. The molecule has 5 heteroatoms. The Morgan fingerprint density at radius 1 is 1.38 bits per heavy atom. The van der Waals surface area contributed by atoms with Gasteiger partial charge in [-0.1, -0.05) is 24.8 Å². The van der Waals surface area contributed by atoms with Gasteiger partial charge in [-0.05, 0) is 49.8 Å². The Labute approximate surface area is 126 Å². The fourth-order valence-corrected chi connectivity index (χ4v) is 4.13. The summed E-state index contributed by atoms with van der Waals surface area (Å²) < 4.78 is 27.9. The molecule has 1 aromatic carbocycles. The molecule has 0 amide bonds. The van der Waals surface area contributed by atoms with E-state index in [0.29, 0.717) is 11.5 Å². The van der Waals surface area contributed by atoms with E-state index in [9.17, 15) is 8.42 Å². The zero-order chi connectivity index (χ0) is 15.5. The van der Waals surface area contributed by atoms with Crippen molar-refractivity contribution in [2.75, 3.05) is 6.61 Å². The Balaban J connectivity index is 2.31. The normalized spacial score (nSPS) is 21.9. The number of aryl methyl sites for hydroxylation is 1. The SMILES string of the molecule is Cc1ccc(S(=O)(=O)NC2CCC(C)C2)c(C#CCO)c1. The molecule has 0 heterocycles. The van der Waals surface area contributed by atoms with Crippen LogP contribution < -0.4 is 4.72 Å². The van der Waals surface area contributed by atoms with E-state index < -0.39 is 10.0 Å². The van der Waals surface area contributed by atoms with E-state index >= 15 is 0 Å². The van der Waals surface area contributed by atoms with Gasteiger partial charge in [-0.25, -0.2) is 13.1 Å². The summed E-state index contributed by atoms with van der Waals surface area (Å²) in [6, 6.07) is 5.08. The average molecular weight is 307 g/mol. The number of aliphatic hydroxyl groups is 1. The van der Waals surface area contributed by atoms with Crippen LogP contribution in [0, 0.1) is 24.7 Å². The molecular weight excluding hydrogens is 286 g/mol. The van der Waals surface area contributed by atoms with Gasteiger partial charge in [0.2, 0.25) is 10.0 Å². The fraction of sp³-hybridized carbons (Fsp3) is 0.500. The van der Waals surface area contributed by atoms with Crippen LogP contribution in [0.3, 0.4) is 0 Å². The predicted octanol–water partition coefficient (Wildman–Crippen LogP) is 1.81. The molecule has 114 valence electrons. The maximum Gasteiger partial charge on any atom is 0.242 e. The quantitative estimate of drug-likeness (QED) is 0.837. The van der Waals surface area contributed by atoms with Gasteiger partial charge in [-0.15, -0.1) is 0 Å². The molecule has 1 saturated carbocycles. The summed E-state index contributed by atoms with van der Waals surface area (Å²) in [6.45, 7) is 3.73. The van der Waals surface area contributed by atoms with Crippen molar-refractivity contribution in [1.29, 1.82) is 0 Å². The maximum absolute atomic E-state index is 12.5. The molecule has 2 unspecified atom stereocenters. The monoisotopic (exact) mass is 307 g/mol. The molecule has 0 aliphatic heterocycles. The third-order valence-corrected chi connectivity index (χ3v) is 5.32. The van der Waals surface area contributed by atoms with Gasteiger partial charge in [-0.2, -0.15) is 0 Å². The van der Waals surface area contributed by atoms with Crippen LogP contribution in [0.2, 0.25) is 0 Å². The van der Waals surface area contributed by atoms with Crippen LogP contribution in [-0.2, 0) is 10.0 Å². The van der Waals surface area contributed by atoms with Gasteiger partial charge in [-0.3, -0.25) is 0 Å². The van der Waals surface area contributed by atoms with Crippen molar-refractivity contribution in [2.45, 2.75) is 44.0 Å². The first-order valence-electron chi connectivity index (χ1n) is 7.15. The largest absolute Gasteiger partial charge is 0.384 e. The van der Waals surface area contributed by atoms with E-state index in [2.05, 4.69) is 23.5 Å². The lowest BCUT2D eigenvalue weighted by atomic mass is 10.1. The van der Waals surface area contributed by atoms with Crippen molar-refractivity contribution in [3.05, 3.63) is 29.3 Å². The zero-order valence-corrected chi connectivity index (χ0v) is 13.2. The van der Waals surface area contributed by atoms with Gasteiger partial charge in [0.15, 0.2) is 0 Å². The van der Waals surface area contributed by atoms with Crippen molar-refractivity contribution < 1.29 is 13.5 Å². The Bertz CT molecular complexity index is 670. The lowest BCUT2D eigenvalue weighted by molar-refractivity contribution is 0.350. The van der Waals surface area contributed by atoms with Gasteiger partial charge in [0.25, 0.3) is 0 Å². The summed E-state index contributed by atoms with van der Waals surface area (Å²) in [5.74, 6) is 5.80. The van der Waals surface area contributed by atoms with Crippen LogP contribution in [0.1, 0.15) is 37.3 Å². The number of hydrogen-bond donors (Lipinski definition) is 2. The molecule has 21 heavy (non-hydrogen) atoms. The molecule has 1 fully saturated rings. The number of nitrogens with one attached hydrogen (secondary N) is 1. The minimum Gasteiger partial charge on any atom is -0.384 e. The smallest absolute Gasteiger partial charge is 0.242 e. The summed E-state index contributed by atoms with van der Waals surface area (Å²) >= 11 is 0. The van der Waals surface area contributed by atoms with Crippen molar-refractivity contribution in [1.82, 2.24) is 4.72 Å². The molecular formula is C16H21NO3S. The Hall–Kier alpha value is -1.35. The number of rotatable bonds is 3. The Kier molecular flexibility index (Phi) is 5.04. The highest BCUT2D eigenvalue weighted by atomic mass is 32.2. The van der Waals surface area contributed by atoms with E-state index in [0.717, 1.165) is 24.8 Å². The lowest BCUT2D eigenvalue weighted by Crippen LogP contribution is -2.33. The highest BCUT2D eigenvalue weighted by Crippen LogP contribution is 2.26. The Morgan fingerprint density at radius 2 is 2.14 bits per heavy atom. The van der Waals surface area contributed by atoms with Gasteiger partial charge in [0.1, 0.15) is 6.61 Å². The first kappa shape index (κ1) is 16.0. The van der Waals surface area contributed by atoms with E-state index in [-0.39, 0.29) is 17.5 Å². The van der Waals surface area contributed by atoms with Crippen LogP contribution in [0.4, 0.5) is 0 Å². The molecule has 1 aliphatic carbocycles. The van der Waals surface area contributed by atoms with Crippen LogP contribution in [0.15, 0.2) is 23.1 Å². The lowest BCUT2D eigenvalue weighted by Gasteiger charge is -2.14. The van der Waals surface area contributed by atoms with Gasteiger partial charge in [0, 0.05) is 11.6 Å². The number of sulfonamides is 1. The van der Waals surface area contributed by atoms with Gasteiger partial charge >= 0.3 is 0 Å². The molecule has 4 nitrogen and oxygen atoms in total. The summed E-state index contributed by atoms with van der Waals surface area (Å²) in [7, 11) is -3.58. The molecule has 2 N–H and O–H groups in total. The third-order valence-electron chi connectivity index (χ3n) is 3.74. The van der Waals surface area contributed by atoms with Crippen LogP contribution in [-0.4, -0.2) is 26.2 Å². The van der Waals surface area contributed by atoms with E-state index in [1.165, 1.54) is 0 Å². The number of aliphatic hydroxyl groups excluding tert-OH is 1. The zero-order valence-electron chi connectivity index (χ0n) is 12.4. The highest BCUT2D eigenvalue weighted by Gasteiger charge is 2.27. The van der Waals surface area contributed by atoms with E-state index in [1.54, 1.807) is 18.2 Å². The molecule has 0 bridgehead atoms. The second-order valence-electron chi connectivity index (χ2n) is 5.70. The summed E-state index contributed by atoms with van der Waals surface area (Å²) in [4.78, 5) is 0.189. The van der Waals surface area contributed by atoms with Gasteiger partial charge in [0.05, 0.1) is 4.90 Å². The topological polar surface area (TPSA) is 66.4 Å². The molecule has 1 aliphatic rings. The van der Waals surface area contributed by atoms with Crippen molar-refractivity contribution in [3.8, 4) is 11.8 Å². The average Bonchev–Trinajstić information content (AvgIpc) is 2.80. The van der Waals surface area contributed by atoms with E-state index in [1.807, 2.05) is 6.92 Å². The van der Waals surface area contributed by atoms with Crippen LogP contribution in [0.5, 0.6) is 0 Å². The molecule has 2 rings (SSSR count). The summed E-state index contributed by atoms with van der Waals surface area (Å²) in [5, 5.41) is 8.81. The highest BCUT2D eigenvalue weighted by molar-refractivity contribution is 7.89. The van der Waals surface area contributed by atoms with E-state index in [4.69, 9.17) is 5.11 Å². The van der Waals surface area contributed by atoms with Crippen LogP contribution >= 0.6 is 0 Å². The second-order valence-corrected chi connectivity index (χ2v) is 7.38. The molecule has 0 radical (unpaired) electrons. The predicted molar refractivity (Wildman–Crippen MR) is 82.3 cm³/mol. The molecule has 0 aromatic heterocycles. The third kappa shape index (κ3) is 4.07. The molecule has 1 aromatic rings. The number of hydrogen-bond acceptors (Lipinski definition) is 3.